The summed E-state index contributed by atoms with van der Waals surface area (Å²) in [5.41, 5.74) is 1.20. The van der Waals surface area contributed by atoms with Crippen LogP contribution in [0, 0.1) is 5.92 Å². The van der Waals surface area contributed by atoms with Crippen LogP contribution in [0.4, 0.5) is 0 Å². The number of benzene rings is 1. The fraction of sp³-hybridized carbons (Fsp3) is 0.471. The highest BCUT2D eigenvalue weighted by molar-refractivity contribution is 5.79. The first-order valence-corrected chi connectivity index (χ1v) is 7.18. The SMILES string of the molecule is CC(C)N(Cc1ccccc1)C(=O)C1CC=CCC1. The van der Waals surface area contributed by atoms with Crippen molar-refractivity contribution in [1.82, 2.24) is 4.90 Å². The Kier molecular flexibility index (Phi) is 4.78. The quantitative estimate of drug-likeness (QED) is 0.752. The molecule has 2 rings (SSSR count). The van der Waals surface area contributed by atoms with E-state index < -0.39 is 0 Å². The normalized spacial score (nSPS) is 18.6. The van der Waals surface area contributed by atoms with Gasteiger partial charge in [-0.15, -0.1) is 0 Å². The fourth-order valence-electron chi connectivity index (χ4n) is 2.55. The van der Waals surface area contributed by atoms with Crippen LogP contribution in [0.15, 0.2) is 42.5 Å². The van der Waals surface area contributed by atoms with Crippen LogP contribution >= 0.6 is 0 Å². The third-order valence-electron chi connectivity index (χ3n) is 3.72. The van der Waals surface area contributed by atoms with Gasteiger partial charge in [0.25, 0.3) is 0 Å². The van der Waals surface area contributed by atoms with E-state index in [0.29, 0.717) is 5.91 Å². The topological polar surface area (TPSA) is 20.3 Å². The molecule has 1 atom stereocenters. The first-order chi connectivity index (χ1) is 9.18. The maximum Gasteiger partial charge on any atom is 0.226 e. The van der Waals surface area contributed by atoms with Gasteiger partial charge in [-0.05, 0) is 38.7 Å². The monoisotopic (exact) mass is 257 g/mol. The first kappa shape index (κ1) is 13.9. The lowest BCUT2D eigenvalue weighted by Gasteiger charge is -2.31. The minimum absolute atomic E-state index is 0.177. The number of hydrogen-bond acceptors (Lipinski definition) is 1. The van der Waals surface area contributed by atoms with Gasteiger partial charge in [-0.25, -0.2) is 0 Å². The van der Waals surface area contributed by atoms with Gasteiger partial charge in [0.05, 0.1) is 0 Å². The Hall–Kier alpha value is -1.57. The summed E-state index contributed by atoms with van der Waals surface area (Å²) in [4.78, 5) is 14.6. The van der Waals surface area contributed by atoms with Crippen LogP contribution in [0.2, 0.25) is 0 Å². The number of nitrogens with zero attached hydrogens (tertiary/aromatic N) is 1. The van der Waals surface area contributed by atoms with Crippen molar-refractivity contribution >= 4 is 5.91 Å². The van der Waals surface area contributed by atoms with Gasteiger partial charge >= 0.3 is 0 Å². The first-order valence-electron chi connectivity index (χ1n) is 7.18. The number of hydrogen-bond donors (Lipinski definition) is 0. The number of carbonyl (C=O) groups is 1. The van der Waals surface area contributed by atoms with E-state index in [4.69, 9.17) is 0 Å². The second kappa shape index (κ2) is 6.55. The highest BCUT2D eigenvalue weighted by atomic mass is 16.2. The van der Waals surface area contributed by atoms with Crippen molar-refractivity contribution in [3.05, 3.63) is 48.0 Å². The molecule has 1 amide bonds. The summed E-state index contributed by atoms with van der Waals surface area (Å²) in [5, 5.41) is 0. The molecule has 1 aliphatic rings. The molecule has 2 heteroatoms. The Labute approximate surface area is 116 Å². The molecule has 0 radical (unpaired) electrons. The van der Waals surface area contributed by atoms with E-state index in [9.17, 15) is 4.79 Å². The van der Waals surface area contributed by atoms with Crippen LogP contribution in [-0.2, 0) is 11.3 Å². The fourth-order valence-corrected chi connectivity index (χ4v) is 2.55. The van der Waals surface area contributed by atoms with Crippen molar-refractivity contribution in [2.24, 2.45) is 5.92 Å². The molecule has 1 aromatic carbocycles. The molecule has 0 fully saturated rings. The van der Waals surface area contributed by atoms with Gasteiger partial charge < -0.3 is 4.90 Å². The maximum absolute atomic E-state index is 12.6. The Morgan fingerprint density at radius 1 is 1.26 bits per heavy atom. The van der Waals surface area contributed by atoms with Crippen LogP contribution in [0.1, 0.15) is 38.7 Å². The predicted octanol–water partition coefficient (Wildman–Crippen LogP) is 3.78. The molecular formula is C17H23NO. The van der Waals surface area contributed by atoms with Crippen molar-refractivity contribution in [2.75, 3.05) is 0 Å². The molecule has 2 nitrogen and oxygen atoms in total. The van der Waals surface area contributed by atoms with E-state index in [1.165, 1.54) is 5.56 Å². The molecule has 0 aliphatic heterocycles. The van der Waals surface area contributed by atoms with E-state index in [0.717, 1.165) is 25.8 Å². The van der Waals surface area contributed by atoms with Crippen molar-refractivity contribution in [3.63, 3.8) is 0 Å². The zero-order chi connectivity index (χ0) is 13.7. The molecule has 0 heterocycles. The van der Waals surface area contributed by atoms with Crippen LogP contribution in [0.5, 0.6) is 0 Å². The van der Waals surface area contributed by atoms with Crippen LogP contribution in [-0.4, -0.2) is 16.8 Å². The van der Waals surface area contributed by atoms with Crippen molar-refractivity contribution in [1.29, 1.82) is 0 Å². The van der Waals surface area contributed by atoms with Crippen molar-refractivity contribution < 1.29 is 4.79 Å². The molecule has 0 saturated carbocycles. The summed E-state index contributed by atoms with van der Waals surface area (Å²) in [7, 11) is 0. The largest absolute Gasteiger partial charge is 0.336 e. The smallest absolute Gasteiger partial charge is 0.226 e. The summed E-state index contributed by atoms with van der Waals surface area (Å²) in [5.74, 6) is 0.485. The second-order valence-corrected chi connectivity index (χ2v) is 5.53. The standard InChI is InChI=1S/C17H23NO/c1-14(2)18(13-15-9-5-3-6-10-15)17(19)16-11-7-4-8-12-16/h3-7,9-10,14,16H,8,11-13H2,1-2H3. The zero-order valence-corrected chi connectivity index (χ0v) is 11.9. The van der Waals surface area contributed by atoms with E-state index in [2.05, 4.69) is 38.1 Å². The molecule has 1 aromatic rings. The minimum atomic E-state index is 0.177. The van der Waals surface area contributed by atoms with Gasteiger partial charge in [-0.1, -0.05) is 42.5 Å². The minimum Gasteiger partial charge on any atom is -0.336 e. The molecule has 1 aliphatic carbocycles. The summed E-state index contributed by atoms with van der Waals surface area (Å²) in [6, 6.07) is 10.5. The Balaban J connectivity index is 2.07. The summed E-state index contributed by atoms with van der Waals surface area (Å²) >= 11 is 0. The lowest BCUT2D eigenvalue weighted by atomic mass is 9.92. The second-order valence-electron chi connectivity index (χ2n) is 5.53. The Morgan fingerprint density at radius 2 is 2.00 bits per heavy atom. The molecule has 19 heavy (non-hydrogen) atoms. The lowest BCUT2D eigenvalue weighted by Crippen LogP contribution is -2.40. The average Bonchev–Trinajstić information content (AvgIpc) is 2.46. The average molecular weight is 257 g/mol. The van der Waals surface area contributed by atoms with Gasteiger partial charge in [-0.2, -0.15) is 0 Å². The third-order valence-corrected chi connectivity index (χ3v) is 3.72. The number of carbonyl (C=O) groups excluding carboxylic acids is 1. The summed E-state index contributed by atoms with van der Waals surface area (Å²) in [6.45, 7) is 4.91. The Morgan fingerprint density at radius 3 is 2.58 bits per heavy atom. The highest BCUT2D eigenvalue weighted by Gasteiger charge is 2.26. The molecule has 0 spiro atoms. The molecule has 0 saturated heterocycles. The third kappa shape index (κ3) is 3.69. The predicted molar refractivity (Wildman–Crippen MR) is 78.6 cm³/mol. The van der Waals surface area contributed by atoms with E-state index >= 15 is 0 Å². The van der Waals surface area contributed by atoms with E-state index in [1.54, 1.807) is 0 Å². The van der Waals surface area contributed by atoms with Crippen LogP contribution in [0.3, 0.4) is 0 Å². The van der Waals surface area contributed by atoms with E-state index in [1.807, 2.05) is 23.1 Å². The van der Waals surface area contributed by atoms with E-state index in [-0.39, 0.29) is 12.0 Å². The Bertz CT molecular complexity index is 436. The van der Waals surface area contributed by atoms with Gasteiger partial charge in [-0.3, -0.25) is 4.79 Å². The van der Waals surface area contributed by atoms with Crippen molar-refractivity contribution in [2.45, 2.75) is 45.7 Å². The van der Waals surface area contributed by atoms with Gasteiger partial charge in [0.2, 0.25) is 5.91 Å². The summed E-state index contributed by atoms with van der Waals surface area (Å²) < 4.78 is 0. The molecule has 0 aromatic heterocycles. The maximum atomic E-state index is 12.6. The molecule has 102 valence electrons. The summed E-state index contributed by atoms with van der Waals surface area (Å²) in [6.07, 6.45) is 7.26. The lowest BCUT2D eigenvalue weighted by molar-refractivity contribution is -0.138. The molecule has 1 unspecified atom stereocenters. The number of allylic oxidation sites excluding steroid dienone is 2. The molecule has 0 bridgehead atoms. The van der Waals surface area contributed by atoms with Gasteiger partial charge in [0.15, 0.2) is 0 Å². The number of rotatable bonds is 4. The van der Waals surface area contributed by atoms with Crippen LogP contribution in [0.25, 0.3) is 0 Å². The highest BCUT2D eigenvalue weighted by Crippen LogP contribution is 2.22. The van der Waals surface area contributed by atoms with Gasteiger partial charge in [0.1, 0.15) is 0 Å². The number of amides is 1. The van der Waals surface area contributed by atoms with Crippen molar-refractivity contribution in [3.8, 4) is 0 Å². The zero-order valence-electron chi connectivity index (χ0n) is 11.9. The molecular weight excluding hydrogens is 234 g/mol. The molecule has 0 N–H and O–H groups in total. The van der Waals surface area contributed by atoms with Crippen LogP contribution < -0.4 is 0 Å². The van der Waals surface area contributed by atoms with Gasteiger partial charge in [0, 0.05) is 18.5 Å².